The van der Waals surface area contributed by atoms with E-state index in [-0.39, 0.29) is 5.91 Å². The number of rotatable bonds is 14. The van der Waals surface area contributed by atoms with Gasteiger partial charge >= 0.3 is 0 Å². The van der Waals surface area contributed by atoms with Gasteiger partial charge in [0.15, 0.2) is 0 Å². The van der Waals surface area contributed by atoms with Crippen LogP contribution in [0, 0.1) is 0 Å². The molecule has 4 nitrogen and oxygen atoms in total. The molecule has 3 aromatic carbocycles. The molecule has 3 rings (SSSR count). The molecular weight excluding hydrogens is 564 g/mol. The van der Waals surface area contributed by atoms with Crippen LogP contribution in [0.5, 0.6) is 0 Å². The summed E-state index contributed by atoms with van der Waals surface area (Å²) >= 11 is 0. The third-order valence-corrected chi connectivity index (χ3v) is 6.81. The van der Waals surface area contributed by atoms with Crippen molar-refractivity contribution in [3.05, 3.63) is 144 Å². The quantitative estimate of drug-likeness (QED) is 0.0622. The summed E-state index contributed by atoms with van der Waals surface area (Å²) in [5.74, 6) is -0.135. The number of anilines is 1. The molecule has 0 aliphatic carbocycles. The Morgan fingerprint density at radius 2 is 1.26 bits per heavy atom. The maximum absolute atomic E-state index is 12.6. The van der Waals surface area contributed by atoms with Gasteiger partial charge in [-0.15, -0.1) is 0 Å². The molecular formula is C42H52N2O2. The Bertz CT molecular complexity index is 1540. The molecule has 3 aromatic rings. The summed E-state index contributed by atoms with van der Waals surface area (Å²) < 4.78 is 0. The Kier molecular flexibility index (Phi) is 18.4. The predicted octanol–water partition coefficient (Wildman–Crippen LogP) is 11.0. The molecule has 0 saturated carbocycles. The average molecular weight is 617 g/mol. The van der Waals surface area contributed by atoms with E-state index in [9.17, 15) is 9.59 Å². The molecule has 0 aromatic heterocycles. The number of carbonyl (C=O) groups is 2. The monoisotopic (exact) mass is 616 g/mol. The summed E-state index contributed by atoms with van der Waals surface area (Å²) in [6.45, 7) is 27.0. The van der Waals surface area contributed by atoms with Crippen LogP contribution in [-0.2, 0) is 9.59 Å². The fourth-order valence-corrected chi connectivity index (χ4v) is 4.48. The van der Waals surface area contributed by atoms with Crippen LogP contribution in [-0.4, -0.2) is 18.9 Å². The second-order valence-electron chi connectivity index (χ2n) is 10.2. The number of hydrogen-bond donors (Lipinski definition) is 2. The van der Waals surface area contributed by atoms with Crippen molar-refractivity contribution in [3.63, 3.8) is 0 Å². The van der Waals surface area contributed by atoms with E-state index in [2.05, 4.69) is 67.6 Å². The second-order valence-corrected chi connectivity index (χ2v) is 10.2. The van der Waals surface area contributed by atoms with Crippen molar-refractivity contribution in [2.75, 3.05) is 11.9 Å². The Balaban J connectivity index is 0.00000254. The van der Waals surface area contributed by atoms with Crippen LogP contribution in [0.4, 0.5) is 5.69 Å². The normalized spacial score (nSPS) is 10.9. The van der Waals surface area contributed by atoms with E-state index < -0.39 is 0 Å². The summed E-state index contributed by atoms with van der Waals surface area (Å²) in [6, 6.07) is 24.0. The van der Waals surface area contributed by atoms with Crippen molar-refractivity contribution >= 4 is 46.9 Å². The van der Waals surface area contributed by atoms with Crippen LogP contribution in [0.1, 0.15) is 89.1 Å². The number of benzene rings is 3. The zero-order valence-electron chi connectivity index (χ0n) is 28.9. The fourth-order valence-electron chi connectivity index (χ4n) is 4.48. The van der Waals surface area contributed by atoms with E-state index in [0.29, 0.717) is 30.5 Å². The van der Waals surface area contributed by atoms with Crippen molar-refractivity contribution in [2.45, 2.75) is 61.3 Å². The molecule has 2 N–H and O–H groups in total. The lowest BCUT2D eigenvalue weighted by molar-refractivity contribution is -0.117. The molecule has 0 aliphatic heterocycles. The first-order chi connectivity index (χ1) is 22.2. The predicted molar refractivity (Wildman–Crippen MR) is 203 cm³/mol. The largest absolute Gasteiger partial charge is 0.349 e. The molecule has 0 heterocycles. The molecule has 2 amide bonds. The minimum Gasteiger partial charge on any atom is -0.349 e. The Hall–Kier alpha value is -4.96. The summed E-state index contributed by atoms with van der Waals surface area (Å²) in [5, 5.41) is 5.68. The maximum Gasteiger partial charge on any atom is 0.251 e. The van der Waals surface area contributed by atoms with Crippen molar-refractivity contribution in [1.29, 1.82) is 0 Å². The van der Waals surface area contributed by atoms with E-state index in [4.69, 9.17) is 0 Å². The lowest BCUT2D eigenvalue weighted by Gasteiger charge is -2.11. The first-order valence-corrected chi connectivity index (χ1v) is 16.1. The molecule has 0 unspecified atom stereocenters. The number of carbonyl (C=O) groups excluding carboxylic acids is 2. The molecule has 0 bridgehead atoms. The summed E-state index contributed by atoms with van der Waals surface area (Å²) in [6.07, 6.45) is 10.2. The van der Waals surface area contributed by atoms with Gasteiger partial charge in [-0.05, 0) is 83.4 Å². The number of amides is 2. The molecule has 242 valence electrons. The van der Waals surface area contributed by atoms with Crippen molar-refractivity contribution in [2.24, 2.45) is 0 Å². The van der Waals surface area contributed by atoms with Gasteiger partial charge < -0.3 is 10.6 Å². The second kappa shape index (κ2) is 21.7. The van der Waals surface area contributed by atoms with Crippen LogP contribution >= 0.6 is 0 Å². The third kappa shape index (κ3) is 12.6. The molecule has 0 fully saturated rings. The third-order valence-electron chi connectivity index (χ3n) is 6.81. The van der Waals surface area contributed by atoms with Crippen LogP contribution < -0.4 is 10.6 Å². The first kappa shape index (κ1) is 39.1. The van der Waals surface area contributed by atoms with E-state index in [0.717, 1.165) is 56.6 Å². The van der Waals surface area contributed by atoms with Crippen LogP contribution in [0.3, 0.4) is 0 Å². The highest BCUT2D eigenvalue weighted by molar-refractivity contribution is 6.02. The highest BCUT2D eigenvalue weighted by atomic mass is 16.1. The minimum atomic E-state index is -0.135. The Morgan fingerprint density at radius 3 is 1.76 bits per heavy atom. The Labute approximate surface area is 278 Å². The molecule has 0 aliphatic rings. The number of hydrogen-bond acceptors (Lipinski definition) is 2. The van der Waals surface area contributed by atoms with Crippen LogP contribution in [0.25, 0.3) is 28.9 Å². The van der Waals surface area contributed by atoms with Crippen molar-refractivity contribution in [1.82, 2.24) is 5.32 Å². The smallest absolute Gasteiger partial charge is 0.251 e. The summed E-state index contributed by atoms with van der Waals surface area (Å²) in [5.41, 5.74) is 10.1. The van der Waals surface area contributed by atoms with E-state index in [1.54, 1.807) is 0 Å². The van der Waals surface area contributed by atoms with Gasteiger partial charge in [0.1, 0.15) is 0 Å². The van der Waals surface area contributed by atoms with Gasteiger partial charge in [-0.2, -0.15) is 0 Å². The molecule has 46 heavy (non-hydrogen) atoms. The lowest BCUT2D eigenvalue weighted by Crippen LogP contribution is -2.25. The molecule has 0 radical (unpaired) electrons. The van der Waals surface area contributed by atoms with Gasteiger partial charge in [0.25, 0.3) is 5.91 Å². The maximum atomic E-state index is 12.6. The molecule has 4 heteroatoms. The average Bonchev–Trinajstić information content (AvgIpc) is 3.08. The van der Waals surface area contributed by atoms with Crippen molar-refractivity contribution < 1.29 is 9.59 Å². The van der Waals surface area contributed by atoms with Gasteiger partial charge in [0.05, 0.1) is 0 Å². The zero-order chi connectivity index (χ0) is 34.5. The minimum absolute atomic E-state index is 0.135. The highest BCUT2D eigenvalue weighted by Crippen LogP contribution is 2.29. The summed E-state index contributed by atoms with van der Waals surface area (Å²) in [4.78, 5) is 23.6. The Morgan fingerprint density at radius 1 is 0.739 bits per heavy atom. The van der Waals surface area contributed by atoms with Gasteiger partial charge in [0.2, 0.25) is 6.41 Å². The SMILES string of the molecule is C=C(C)/C(=C/c1ccc(C(=C)CC(=C)c2ccc(/C=C(\C)c3ccccc3NC=O)cc2)cc1)C(=O)NC/C=C\CC.CC.CC. The topological polar surface area (TPSA) is 58.2 Å². The van der Waals surface area contributed by atoms with Crippen molar-refractivity contribution in [3.8, 4) is 0 Å². The van der Waals surface area contributed by atoms with Gasteiger partial charge in [-0.3, -0.25) is 9.59 Å². The van der Waals surface area contributed by atoms with Gasteiger partial charge in [0, 0.05) is 23.4 Å². The standard InChI is InChI=1S/C38H40N2O2.2C2H6/c1-7-8-11-22-39-38(42)36(27(2)3)25-32-16-20-34(21-17-32)29(5)23-28(4)33-18-14-31(15-19-33)24-30(6)35-12-9-10-13-37(35)40-26-41;2*1-2/h8-21,24-26H,2,4-5,7,22-23H2,1,3,6H3,(H,39,42)(H,40,41);2*1-2H3/b11-8-,30-24+,36-25-;;. The van der Waals surface area contributed by atoms with E-state index in [1.807, 2.05) is 108 Å². The van der Waals surface area contributed by atoms with E-state index >= 15 is 0 Å². The lowest BCUT2D eigenvalue weighted by atomic mass is 9.94. The molecule has 0 saturated heterocycles. The van der Waals surface area contributed by atoms with Crippen LogP contribution in [0.15, 0.2) is 116 Å². The molecule has 0 spiro atoms. The fraction of sp³-hybridized carbons (Fsp3) is 0.238. The first-order valence-electron chi connectivity index (χ1n) is 16.1. The molecule has 0 atom stereocenters. The zero-order valence-corrected chi connectivity index (χ0v) is 28.9. The number of allylic oxidation sites excluding steroid dienone is 4. The number of nitrogens with one attached hydrogen (secondary N) is 2. The number of para-hydroxylation sites is 1. The van der Waals surface area contributed by atoms with Crippen LogP contribution in [0.2, 0.25) is 0 Å². The van der Waals surface area contributed by atoms with E-state index in [1.165, 1.54) is 0 Å². The van der Waals surface area contributed by atoms with Gasteiger partial charge in [-0.25, -0.2) is 0 Å². The highest BCUT2D eigenvalue weighted by Gasteiger charge is 2.10. The van der Waals surface area contributed by atoms with Gasteiger partial charge in [-0.1, -0.05) is 139 Å². The summed E-state index contributed by atoms with van der Waals surface area (Å²) in [7, 11) is 0.